The van der Waals surface area contributed by atoms with Gasteiger partial charge >= 0.3 is 0 Å². The van der Waals surface area contributed by atoms with Gasteiger partial charge in [0.05, 0.1) is 23.8 Å². The highest BCUT2D eigenvalue weighted by Crippen LogP contribution is 2.41. The Labute approximate surface area is 188 Å². The van der Waals surface area contributed by atoms with Crippen LogP contribution in [-0.2, 0) is 39.0 Å². The van der Waals surface area contributed by atoms with E-state index in [1.165, 1.54) is 11.1 Å². The van der Waals surface area contributed by atoms with Gasteiger partial charge in [-0.1, -0.05) is 30.3 Å². The molecule has 5 heterocycles. The first-order chi connectivity index (χ1) is 15.7. The Morgan fingerprint density at radius 2 is 1.78 bits per heavy atom. The topological polar surface area (TPSA) is 54.5 Å². The number of furan rings is 1. The largest absolute Gasteiger partial charge is 0.472 e. The van der Waals surface area contributed by atoms with E-state index in [0.717, 1.165) is 82.0 Å². The first kappa shape index (κ1) is 19.9. The van der Waals surface area contributed by atoms with E-state index in [0.29, 0.717) is 6.54 Å². The molecule has 3 aromatic rings. The molecule has 32 heavy (non-hydrogen) atoms. The Morgan fingerprint density at radius 3 is 2.56 bits per heavy atom. The van der Waals surface area contributed by atoms with Crippen molar-refractivity contribution in [2.45, 2.75) is 51.9 Å². The van der Waals surface area contributed by atoms with Crippen molar-refractivity contribution in [1.29, 1.82) is 0 Å². The van der Waals surface area contributed by atoms with Crippen LogP contribution in [0.5, 0.6) is 0 Å². The Morgan fingerprint density at radius 1 is 0.969 bits per heavy atom. The van der Waals surface area contributed by atoms with Crippen molar-refractivity contribution in [2.24, 2.45) is 5.41 Å². The number of rotatable bonds is 4. The van der Waals surface area contributed by atoms with Gasteiger partial charge in [0.25, 0.3) is 5.56 Å². The van der Waals surface area contributed by atoms with Crippen LogP contribution in [0.1, 0.15) is 41.1 Å². The molecule has 6 nitrogen and oxygen atoms in total. The van der Waals surface area contributed by atoms with E-state index in [1.807, 2.05) is 23.0 Å². The van der Waals surface area contributed by atoms with Crippen molar-refractivity contribution in [3.63, 3.8) is 0 Å². The van der Waals surface area contributed by atoms with Crippen molar-refractivity contribution in [3.05, 3.63) is 87.5 Å². The minimum Gasteiger partial charge on any atom is -0.472 e. The minimum absolute atomic E-state index is 0.194. The van der Waals surface area contributed by atoms with Crippen LogP contribution >= 0.6 is 0 Å². The molecule has 6 heteroatoms. The SMILES string of the molecule is O=c1c2c(nc3n1CC1(CCN(Cc4ccoc4)CC1)C3)CCN(Cc1ccccc1)C2. The lowest BCUT2D eigenvalue weighted by molar-refractivity contribution is 0.0977. The first-order valence-corrected chi connectivity index (χ1v) is 11.8. The van der Waals surface area contributed by atoms with Gasteiger partial charge in [-0.25, -0.2) is 4.98 Å². The highest BCUT2D eigenvalue weighted by molar-refractivity contribution is 5.25. The monoisotopic (exact) mass is 430 g/mol. The van der Waals surface area contributed by atoms with Crippen LogP contribution < -0.4 is 5.56 Å². The van der Waals surface area contributed by atoms with E-state index in [1.54, 1.807) is 6.26 Å². The van der Waals surface area contributed by atoms with Gasteiger partial charge in [-0.15, -0.1) is 0 Å². The second kappa shape index (κ2) is 8.01. The number of hydrogen-bond donors (Lipinski definition) is 0. The summed E-state index contributed by atoms with van der Waals surface area (Å²) in [5.41, 5.74) is 4.90. The Hall–Kier alpha value is -2.70. The molecule has 0 atom stereocenters. The summed E-state index contributed by atoms with van der Waals surface area (Å²) in [6, 6.07) is 12.6. The molecule has 0 radical (unpaired) electrons. The molecule has 0 aliphatic carbocycles. The lowest BCUT2D eigenvalue weighted by Crippen LogP contribution is -2.41. The fourth-order valence-electron chi connectivity index (χ4n) is 5.78. The van der Waals surface area contributed by atoms with Crippen LogP contribution in [0.3, 0.4) is 0 Å². The fraction of sp³-hybridized carbons (Fsp3) is 0.462. The second-order valence-electron chi connectivity index (χ2n) is 9.88. The van der Waals surface area contributed by atoms with Crippen molar-refractivity contribution in [2.75, 3.05) is 19.6 Å². The molecule has 1 saturated heterocycles. The summed E-state index contributed by atoms with van der Waals surface area (Å²) >= 11 is 0. The fourth-order valence-corrected chi connectivity index (χ4v) is 5.78. The molecule has 1 aromatic carbocycles. The molecule has 0 N–H and O–H groups in total. The zero-order chi connectivity index (χ0) is 21.5. The molecule has 3 aliphatic heterocycles. The van der Waals surface area contributed by atoms with Gasteiger partial charge in [0.1, 0.15) is 5.82 Å². The summed E-state index contributed by atoms with van der Waals surface area (Å²) in [4.78, 5) is 23.4. The van der Waals surface area contributed by atoms with Gasteiger partial charge in [-0.2, -0.15) is 0 Å². The average Bonchev–Trinajstić information content (AvgIpc) is 3.45. The Bertz CT molecular complexity index is 1140. The molecular weight excluding hydrogens is 400 g/mol. The third kappa shape index (κ3) is 3.71. The van der Waals surface area contributed by atoms with E-state index >= 15 is 0 Å². The molecule has 3 aliphatic rings. The summed E-state index contributed by atoms with van der Waals surface area (Å²) in [6.07, 6.45) is 7.65. The predicted octanol–water partition coefficient (Wildman–Crippen LogP) is 3.23. The summed E-state index contributed by atoms with van der Waals surface area (Å²) in [5, 5.41) is 0. The minimum atomic E-state index is 0.194. The predicted molar refractivity (Wildman–Crippen MR) is 122 cm³/mol. The summed E-state index contributed by atoms with van der Waals surface area (Å²) in [6.45, 7) is 6.48. The van der Waals surface area contributed by atoms with Crippen LogP contribution in [0.25, 0.3) is 0 Å². The van der Waals surface area contributed by atoms with Gasteiger partial charge in [-0.05, 0) is 43.0 Å². The molecule has 0 bridgehead atoms. The molecule has 1 spiro atoms. The third-order valence-corrected chi connectivity index (χ3v) is 7.65. The number of aromatic nitrogens is 2. The lowest BCUT2D eigenvalue weighted by atomic mass is 9.77. The number of nitrogens with zero attached hydrogens (tertiary/aromatic N) is 4. The molecule has 6 rings (SSSR count). The molecule has 0 amide bonds. The Kier molecular flexibility index (Phi) is 5.00. The van der Waals surface area contributed by atoms with Gasteiger partial charge < -0.3 is 4.42 Å². The number of piperidine rings is 1. The van der Waals surface area contributed by atoms with E-state index in [9.17, 15) is 4.79 Å². The quantitative estimate of drug-likeness (QED) is 0.636. The van der Waals surface area contributed by atoms with Crippen LogP contribution in [0, 0.1) is 5.41 Å². The summed E-state index contributed by atoms with van der Waals surface area (Å²) in [7, 11) is 0. The van der Waals surface area contributed by atoms with E-state index in [4.69, 9.17) is 9.40 Å². The van der Waals surface area contributed by atoms with E-state index in [2.05, 4.69) is 34.1 Å². The van der Waals surface area contributed by atoms with Crippen LogP contribution in [0.4, 0.5) is 0 Å². The summed E-state index contributed by atoms with van der Waals surface area (Å²) < 4.78 is 7.23. The maximum absolute atomic E-state index is 13.5. The van der Waals surface area contributed by atoms with E-state index < -0.39 is 0 Å². The van der Waals surface area contributed by atoms with Crippen LogP contribution in [-0.4, -0.2) is 39.0 Å². The van der Waals surface area contributed by atoms with Gasteiger partial charge in [0, 0.05) is 51.1 Å². The van der Waals surface area contributed by atoms with Crippen molar-refractivity contribution >= 4 is 0 Å². The second-order valence-corrected chi connectivity index (χ2v) is 9.88. The molecule has 0 unspecified atom stereocenters. The number of benzene rings is 1. The smallest absolute Gasteiger partial charge is 0.258 e. The lowest BCUT2D eigenvalue weighted by Gasteiger charge is -2.38. The van der Waals surface area contributed by atoms with Gasteiger partial charge in [0.2, 0.25) is 0 Å². The van der Waals surface area contributed by atoms with Crippen LogP contribution in [0.15, 0.2) is 58.1 Å². The maximum atomic E-state index is 13.5. The van der Waals surface area contributed by atoms with Gasteiger partial charge in [-0.3, -0.25) is 19.2 Å². The average molecular weight is 431 g/mol. The van der Waals surface area contributed by atoms with Crippen molar-refractivity contribution in [1.82, 2.24) is 19.4 Å². The Balaban J connectivity index is 1.16. The van der Waals surface area contributed by atoms with Crippen molar-refractivity contribution < 1.29 is 4.42 Å². The summed E-state index contributed by atoms with van der Waals surface area (Å²) in [5.74, 6) is 1.02. The zero-order valence-electron chi connectivity index (χ0n) is 18.5. The number of fused-ring (bicyclic) bond motifs is 2. The molecular formula is C26H30N4O2. The zero-order valence-corrected chi connectivity index (χ0v) is 18.5. The highest BCUT2D eigenvalue weighted by Gasteiger charge is 2.42. The standard InChI is InChI=1S/C26H30N4O2/c31-25-22-17-29(15-20-4-2-1-3-5-20)10-6-23(22)27-24-14-26(19-30(24)25)8-11-28(12-9-26)16-21-7-13-32-18-21/h1-5,7,13,18H,6,8-12,14-17,19H2. The molecule has 2 aromatic heterocycles. The maximum Gasteiger partial charge on any atom is 0.258 e. The normalized spacial score (nSPS) is 20.4. The highest BCUT2D eigenvalue weighted by atomic mass is 16.3. The molecule has 0 saturated carbocycles. The molecule has 166 valence electrons. The molecule has 1 fully saturated rings. The third-order valence-electron chi connectivity index (χ3n) is 7.65. The number of likely N-dealkylation sites (tertiary alicyclic amines) is 1. The van der Waals surface area contributed by atoms with Gasteiger partial charge in [0.15, 0.2) is 0 Å². The van der Waals surface area contributed by atoms with Crippen molar-refractivity contribution in [3.8, 4) is 0 Å². The number of hydrogen-bond acceptors (Lipinski definition) is 5. The van der Waals surface area contributed by atoms with E-state index in [-0.39, 0.29) is 11.0 Å². The van der Waals surface area contributed by atoms with Crippen LogP contribution in [0.2, 0.25) is 0 Å². The first-order valence-electron chi connectivity index (χ1n) is 11.8.